The number of morpholine rings is 1. The number of nitrogens with one attached hydrogen (secondary N) is 1. The third-order valence-electron chi connectivity index (χ3n) is 5.30. The summed E-state index contributed by atoms with van der Waals surface area (Å²) in [5.74, 6) is 1.79. The van der Waals surface area contributed by atoms with E-state index in [9.17, 15) is 0 Å². The molecule has 0 aliphatic carbocycles. The van der Waals surface area contributed by atoms with Gasteiger partial charge in [0.1, 0.15) is 5.82 Å². The Hall–Kier alpha value is -2.18. The van der Waals surface area contributed by atoms with Crippen LogP contribution >= 0.6 is 0 Å². The molecule has 2 saturated heterocycles. The van der Waals surface area contributed by atoms with Gasteiger partial charge in [0, 0.05) is 50.5 Å². The lowest BCUT2D eigenvalue weighted by atomic mass is 10.2. The molecule has 2 aromatic rings. The summed E-state index contributed by atoms with van der Waals surface area (Å²) in [6, 6.07) is 13.2. The molecule has 1 N–H and O–H groups in total. The molecular weight excluding hydrogens is 338 g/mol. The third-order valence-corrected chi connectivity index (χ3v) is 5.30. The number of benzene rings is 1. The highest BCUT2D eigenvalue weighted by Gasteiger charge is 2.23. The molecule has 0 saturated carbocycles. The van der Waals surface area contributed by atoms with Crippen LogP contribution in [0.25, 0.3) is 0 Å². The summed E-state index contributed by atoms with van der Waals surface area (Å²) in [6.07, 6.45) is 2.06. The molecule has 1 atom stereocenters. The van der Waals surface area contributed by atoms with Gasteiger partial charge in [0.15, 0.2) is 0 Å². The Morgan fingerprint density at radius 1 is 1.11 bits per heavy atom. The van der Waals surface area contributed by atoms with Crippen molar-refractivity contribution in [2.24, 2.45) is 0 Å². The van der Waals surface area contributed by atoms with Crippen LogP contribution in [0.15, 0.2) is 36.4 Å². The molecule has 1 aromatic carbocycles. The van der Waals surface area contributed by atoms with Crippen LogP contribution in [0.2, 0.25) is 0 Å². The van der Waals surface area contributed by atoms with Crippen LogP contribution in [0.3, 0.4) is 0 Å². The van der Waals surface area contributed by atoms with E-state index in [-0.39, 0.29) is 0 Å². The van der Waals surface area contributed by atoms with Crippen molar-refractivity contribution in [3.63, 3.8) is 0 Å². The van der Waals surface area contributed by atoms with E-state index in [1.54, 1.807) is 0 Å². The smallest absolute Gasteiger partial charge is 0.227 e. The van der Waals surface area contributed by atoms with Crippen LogP contribution in [0.1, 0.15) is 24.6 Å². The zero-order valence-electron chi connectivity index (χ0n) is 16.1. The highest BCUT2D eigenvalue weighted by molar-refractivity contribution is 5.45. The van der Waals surface area contributed by atoms with Crippen molar-refractivity contribution < 1.29 is 4.74 Å². The first kappa shape index (κ1) is 18.2. The second-order valence-corrected chi connectivity index (χ2v) is 7.35. The average molecular weight is 367 g/mol. The van der Waals surface area contributed by atoms with Crippen LogP contribution in [0.5, 0.6) is 0 Å². The second-order valence-electron chi connectivity index (χ2n) is 7.35. The van der Waals surface area contributed by atoms with Gasteiger partial charge in [0.25, 0.3) is 0 Å². The average Bonchev–Trinajstić information content (AvgIpc) is 3.15. The lowest BCUT2D eigenvalue weighted by Crippen LogP contribution is -2.37. The number of hydrogen-bond acceptors (Lipinski definition) is 6. The number of ether oxygens (including phenoxy) is 1. The topological polar surface area (TPSA) is 53.5 Å². The fourth-order valence-corrected chi connectivity index (χ4v) is 3.79. The lowest BCUT2D eigenvalue weighted by Gasteiger charge is -2.27. The third kappa shape index (κ3) is 4.76. The van der Waals surface area contributed by atoms with Gasteiger partial charge in [0.2, 0.25) is 5.95 Å². The first-order valence-electron chi connectivity index (χ1n) is 10.0. The van der Waals surface area contributed by atoms with Gasteiger partial charge in [-0.2, -0.15) is 4.98 Å². The molecule has 0 bridgehead atoms. The zero-order chi connectivity index (χ0) is 18.5. The minimum absolute atomic E-state index is 0.436. The van der Waals surface area contributed by atoms with Crippen LogP contribution in [0.4, 0.5) is 11.8 Å². The van der Waals surface area contributed by atoms with Crippen molar-refractivity contribution >= 4 is 11.8 Å². The molecule has 3 heterocycles. The minimum Gasteiger partial charge on any atom is -0.378 e. The monoisotopic (exact) mass is 367 g/mol. The number of hydrogen-bond donors (Lipinski definition) is 1. The molecule has 0 amide bonds. The van der Waals surface area contributed by atoms with E-state index in [4.69, 9.17) is 14.7 Å². The van der Waals surface area contributed by atoms with Crippen LogP contribution < -0.4 is 10.2 Å². The van der Waals surface area contributed by atoms with Crippen molar-refractivity contribution in [2.75, 3.05) is 49.6 Å². The van der Waals surface area contributed by atoms with Gasteiger partial charge in [-0.1, -0.05) is 37.3 Å². The molecule has 6 nitrogen and oxygen atoms in total. The van der Waals surface area contributed by atoms with Crippen molar-refractivity contribution in [2.45, 2.75) is 32.4 Å². The highest BCUT2D eigenvalue weighted by Crippen LogP contribution is 2.20. The van der Waals surface area contributed by atoms with Gasteiger partial charge in [0.05, 0.1) is 13.2 Å². The van der Waals surface area contributed by atoms with Crippen molar-refractivity contribution in [1.29, 1.82) is 0 Å². The Kier molecular flexibility index (Phi) is 5.84. The fraction of sp³-hybridized carbons (Fsp3) is 0.524. The number of anilines is 2. The Bertz CT molecular complexity index is 733. The predicted molar refractivity (Wildman–Crippen MR) is 108 cm³/mol. The summed E-state index contributed by atoms with van der Waals surface area (Å²) >= 11 is 0. The van der Waals surface area contributed by atoms with E-state index in [0.29, 0.717) is 6.04 Å². The second kappa shape index (κ2) is 8.67. The predicted octanol–water partition coefficient (Wildman–Crippen LogP) is 2.56. The van der Waals surface area contributed by atoms with E-state index in [1.807, 2.05) is 0 Å². The maximum Gasteiger partial charge on any atom is 0.227 e. The molecule has 2 aliphatic heterocycles. The molecule has 0 unspecified atom stereocenters. The summed E-state index contributed by atoms with van der Waals surface area (Å²) in [5.41, 5.74) is 2.47. The molecular formula is C21H29N5O. The number of likely N-dealkylation sites (tertiary alicyclic amines) is 1. The SMILES string of the molecule is CCc1cc(N[C@H]2CCN(Cc3ccccc3)C2)nc(N2CCOCC2)n1. The van der Waals surface area contributed by atoms with Gasteiger partial charge in [-0.15, -0.1) is 0 Å². The first-order valence-corrected chi connectivity index (χ1v) is 10.0. The Morgan fingerprint density at radius 2 is 1.93 bits per heavy atom. The number of aryl methyl sites for hydroxylation is 1. The van der Waals surface area contributed by atoms with Crippen molar-refractivity contribution in [3.05, 3.63) is 47.7 Å². The van der Waals surface area contributed by atoms with E-state index in [0.717, 1.165) is 76.2 Å². The fourth-order valence-electron chi connectivity index (χ4n) is 3.79. The maximum atomic E-state index is 5.46. The summed E-state index contributed by atoms with van der Waals surface area (Å²) in [4.78, 5) is 14.3. The van der Waals surface area contributed by atoms with Crippen LogP contribution in [-0.4, -0.2) is 60.3 Å². The number of nitrogens with zero attached hydrogens (tertiary/aromatic N) is 4. The molecule has 0 spiro atoms. The number of rotatable bonds is 6. The number of aromatic nitrogens is 2. The van der Waals surface area contributed by atoms with Gasteiger partial charge in [-0.05, 0) is 18.4 Å². The molecule has 2 fully saturated rings. The lowest BCUT2D eigenvalue weighted by molar-refractivity contribution is 0.122. The van der Waals surface area contributed by atoms with Gasteiger partial charge in [-0.3, -0.25) is 4.90 Å². The van der Waals surface area contributed by atoms with Crippen LogP contribution in [0, 0.1) is 0 Å². The van der Waals surface area contributed by atoms with Crippen molar-refractivity contribution in [3.8, 4) is 0 Å². The molecule has 0 radical (unpaired) electrons. The normalized spacial score (nSPS) is 20.8. The molecule has 1 aromatic heterocycles. The molecule has 27 heavy (non-hydrogen) atoms. The van der Waals surface area contributed by atoms with E-state index < -0.39 is 0 Å². The molecule has 2 aliphatic rings. The van der Waals surface area contributed by atoms with Crippen molar-refractivity contribution in [1.82, 2.24) is 14.9 Å². The Morgan fingerprint density at radius 3 is 2.70 bits per heavy atom. The van der Waals surface area contributed by atoms with E-state index in [2.05, 4.69) is 58.4 Å². The first-order chi connectivity index (χ1) is 13.3. The summed E-state index contributed by atoms with van der Waals surface area (Å²) in [7, 11) is 0. The van der Waals surface area contributed by atoms with Gasteiger partial charge < -0.3 is 15.0 Å². The zero-order valence-corrected chi connectivity index (χ0v) is 16.1. The van der Waals surface area contributed by atoms with Gasteiger partial charge in [-0.25, -0.2) is 4.98 Å². The maximum absolute atomic E-state index is 5.46. The van der Waals surface area contributed by atoms with E-state index >= 15 is 0 Å². The summed E-state index contributed by atoms with van der Waals surface area (Å²) in [5, 5.41) is 3.66. The summed E-state index contributed by atoms with van der Waals surface area (Å²) in [6.45, 7) is 8.55. The Labute approximate surface area is 161 Å². The van der Waals surface area contributed by atoms with Crippen LogP contribution in [-0.2, 0) is 17.7 Å². The van der Waals surface area contributed by atoms with E-state index in [1.165, 1.54) is 5.56 Å². The quantitative estimate of drug-likeness (QED) is 0.847. The molecule has 144 valence electrons. The highest BCUT2D eigenvalue weighted by atomic mass is 16.5. The standard InChI is InChI=1S/C21H29N5O/c1-2-18-14-20(24-21(23-18)26-10-12-27-13-11-26)22-19-8-9-25(16-19)15-17-6-4-3-5-7-17/h3-7,14,19H,2,8-13,15-16H2,1H3,(H,22,23,24)/t19-/m0/s1. The molecule has 6 heteroatoms. The van der Waals surface area contributed by atoms with Gasteiger partial charge >= 0.3 is 0 Å². The Balaban J connectivity index is 1.40. The minimum atomic E-state index is 0.436. The summed E-state index contributed by atoms with van der Waals surface area (Å²) < 4.78 is 5.46. The molecule has 4 rings (SSSR count). The largest absolute Gasteiger partial charge is 0.378 e.